The molecule has 3 rings (SSSR count). The van der Waals surface area contributed by atoms with Crippen molar-refractivity contribution in [1.82, 2.24) is 9.62 Å². The molecule has 0 unspecified atom stereocenters. The molecule has 0 aromatic heterocycles. The maximum Gasteiger partial charge on any atom is 0.243 e. The predicted molar refractivity (Wildman–Crippen MR) is 97.7 cm³/mol. The van der Waals surface area contributed by atoms with E-state index in [1.807, 2.05) is 24.3 Å². The molecule has 0 atom stereocenters. The van der Waals surface area contributed by atoms with E-state index < -0.39 is 10.0 Å². The van der Waals surface area contributed by atoms with Crippen molar-refractivity contribution in [3.8, 4) is 5.75 Å². The van der Waals surface area contributed by atoms with Crippen LogP contribution in [0.2, 0.25) is 0 Å². The van der Waals surface area contributed by atoms with Gasteiger partial charge in [-0.1, -0.05) is 30.7 Å². The summed E-state index contributed by atoms with van der Waals surface area (Å²) in [7, 11) is -3.36. The first-order chi connectivity index (χ1) is 12.1. The largest absolute Gasteiger partial charge is 0.508 e. The van der Waals surface area contributed by atoms with E-state index in [0.29, 0.717) is 31.1 Å². The van der Waals surface area contributed by atoms with E-state index in [9.17, 15) is 13.5 Å². The molecule has 2 aromatic rings. The van der Waals surface area contributed by atoms with Crippen LogP contribution >= 0.6 is 0 Å². The summed E-state index contributed by atoms with van der Waals surface area (Å²) < 4.78 is 26.8. The molecule has 25 heavy (non-hydrogen) atoms. The lowest BCUT2D eigenvalue weighted by molar-refractivity contribution is 0.346. The summed E-state index contributed by atoms with van der Waals surface area (Å²) in [6, 6.07) is 14.2. The van der Waals surface area contributed by atoms with Crippen molar-refractivity contribution in [2.45, 2.75) is 37.2 Å². The molecule has 0 radical (unpaired) electrons. The number of nitrogens with zero attached hydrogens (tertiary/aromatic N) is 1. The van der Waals surface area contributed by atoms with E-state index in [4.69, 9.17) is 0 Å². The van der Waals surface area contributed by atoms with Crippen LogP contribution < -0.4 is 5.32 Å². The number of aromatic hydroxyl groups is 1. The molecule has 2 N–H and O–H groups in total. The fraction of sp³-hybridized carbons (Fsp3) is 0.368. The average molecular weight is 360 g/mol. The van der Waals surface area contributed by atoms with Crippen LogP contribution in [0, 0.1) is 0 Å². The number of benzene rings is 2. The number of rotatable bonds is 6. The number of hydrogen-bond donors (Lipinski definition) is 2. The van der Waals surface area contributed by atoms with Crippen LogP contribution in [0.3, 0.4) is 0 Å². The second-order valence-electron chi connectivity index (χ2n) is 6.38. The molecule has 0 amide bonds. The summed E-state index contributed by atoms with van der Waals surface area (Å²) in [4.78, 5) is 0.367. The van der Waals surface area contributed by atoms with Crippen molar-refractivity contribution in [1.29, 1.82) is 0 Å². The van der Waals surface area contributed by atoms with Crippen molar-refractivity contribution in [3.05, 3.63) is 59.7 Å². The van der Waals surface area contributed by atoms with Crippen molar-refractivity contribution in [2.75, 3.05) is 13.1 Å². The summed E-state index contributed by atoms with van der Waals surface area (Å²) in [6.45, 7) is 2.52. The van der Waals surface area contributed by atoms with Gasteiger partial charge in [0.25, 0.3) is 0 Å². The second-order valence-corrected chi connectivity index (χ2v) is 8.32. The summed E-state index contributed by atoms with van der Waals surface area (Å²) in [5, 5.41) is 12.8. The number of hydrogen-bond acceptors (Lipinski definition) is 4. The van der Waals surface area contributed by atoms with Gasteiger partial charge in [-0.3, -0.25) is 0 Å². The molecule has 5 nitrogen and oxygen atoms in total. The molecule has 0 aliphatic carbocycles. The van der Waals surface area contributed by atoms with Crippen molar-refractivity contribution < 1.29 is 13.5 Å². The van der Waals surface area contributed by atoms with Gasteiger partial charge in [0.15, 0.2) is 0 Å². The van der Waals surface area contributed by atoms with Crippen LogP contribution in [0.15, 0.2) is 53.4 Å². The van der Waals surface area contributed by atoms with Crippen LogP contribution in [-0.2, 0) is 23.1 Å². The lowest BCUT2D eigenvalue weighted by Gasteiger charge is -2.25. The molecule has 0 saturated carbocycles. The Morgan fingerprint density at radius 2 is 1.60 bits per heavy atom. The van der Waals surface area contributed by atoms with Crippen molar-refractivity contribution >= 4 is 10.0 Å². The first-order valence-electron chi connectivity index (χ1n) is 8.63. The Balaban J connectivity index is 1.58. The van der Waals surface area contributed by atoms with Gasteiger partial charge in [-0.2, -0.15) is 4.31 Å². The van der Waals surface area contributed by atoms with Crippen LogP contribution in [0.25, 0.3) is 0 Å². The molecule has 1 aliphatic heterocycles. The molecule has 0 bridgehead atoms. The zero-order chi connectivity index (χ0) is 17.7. The van der Waals surface area contributed by atoms with E-state index >= 15 is 0 Å². The molecular formula is C19H24N2O3S. The third-order valence-corrected chi connectivity index (χ3v) is 6.36. The molecule has 1 heterocycles. The molecule has 1 aliphatic rings. The number of phenolic OH excluding ortho intramolecular Hbond substituents is 1. The van der Waals surface area contributed by atoms with Gasteiger partial charge in [0.05, 0.1) is 4.90 Å². The Bertz CT molecular complexity index is 798. The van der Waals surface area contributed by atoms with Gasteiger partial charge >= 0.3 is 0 Å². The summed E-state index contributed by atoms with van der Waals surface area (Å²) in [6.07, 6.45) is 2.99. The normalized spacial score (nSPS) is 16.0. The Labute approximate surface area is 149 Å². The fourth-order valence-electron chi connectivity index (χ4n) is 3.05. The standard InChI is InChI=1S/C19H24N2O3S/c22-18-6-4-5-17(13-18)15-20-14-16-7-9-19(10-8-16)25(23,24)21-11-2-1-3-12-21/h4-10,13,20,22H,1-3,11-12,14-15H2. The van der Waals surface area contributed by atoms with Crippen molar-refractivity contribution in [2.24, 2.45) is 0 Å². The quantitative estimate of drug-likeness (QED) is 0.831. The third-order valence-electron chi connectivity index (χ3n) is 4.44. The zero-order valence-corrected chi connectivity index (χ0v) is 15.0. The minimum atomic E-state index is -3.36. The molecule has 134 valence electrons. The fourth-order valence-corrected chi connectivity index (χ4v) is 4.57. The monoisotopic (exact) mass is 360 g/mol. The van der Waals surface area contributed by atoms with E-state index in [1.165, 1.54) is 0 Å². The van der Waals surface area contributed by atoms with E-state index in [1.54, 1.807) is 28.6 Å². The SMILES string of the molecule is O=S(=O)(c1ccc(CNCc2cccc(O)c2)cc1)N1CCCCC1. The smallest absolute Gasteiger partial charge is 0.243 e. The summed E-state index contributed by atoms with van der Waals surface area (Å²) >= 11 is 0. The highest BCUT2D eigenvalue weighted by molar-refractivity contribution is 7.89. The Morgan fingerprint density at radius 3 is 2.28 bits per heavy atom. The highest BCUT2D eigenvalue weighted by Gasteiger charge is 2.25. The molecular weight excluding hydrogens is 336 g/mol. The van der Waals surface area contributed by atoms with E-state index in [0.717, 1.165) is 30.4 Å². The first-order valence-corrected chi connectivity index (χ1v) is 10.1. The molecule has 2 aromatic carbocycles. The highest BCUT2D eigenvalue weighted by Crippen LogP contribution is 2.21. The van der Waals surface area contributed by atoms with Crippen LogP contribution in [0.5, 0.6) is 5.75 Å². The molecule has 0 spiro atoms. The maximum absolute atomic E-state index is 12.6. The Morgan fingerprint density at radius 1 is 0.920 bits per heavy atom. The zero-order valence-electron chi connectivity index (χ0n) is 14.2. The van der Waals surface area contributed by atoms with E-state index in [-0.39, 0.29) is 5.75 Å². The van der Waals surface area contributed by atoms with Gasteiger partial charge in [0.1, 0.15) is 5.75 Å². The number of sulfonamides is 1. The van der Waals surface area contributed by atoms with Crippen LogP contribution in [0.1, 0.15) is 30.4 Å². The number of nitrogens with one attached hydrogen (secondary N) is 1. The van der Waals surface area contributed by atoms with Gasteiger partial charge in [0, 0.05) is 26.2 Å². The van der Waals surface area contributed by atoms with Crippen molar-refractivity contribution in [3.63, 3.8) is 0 Å². The van der Waals surface area contributed by atoms with E-state index in [2.05, 4.69) is 5.32 Å². The highest BCUT2D eigenvalue weighted by atomic mass is 32.2. The topological polar surface area (TPSA) is 69.6 Å². The molecule has 1 fully saturated rings. The summed E-state index contributed by atoms with van der Waals surface area (Å²) in [5.41, 5.74) is 2.03. The van der Waals surface area contributed by atoms with Gasteiger partial charge in [-0.15, -0.1) is 0 Å². The second kappa shape index (κ2) is 7.99. The van der Waals surface area contributed by atoms with Gasteiger partial charge in [-0.05, 0) is 48.2 Å². The predicted octanol–water partition coefficient (Wildman–Crippen LogP) is 2.86. The minimum Gasteiger partial charge on any atom is -0.508 e. The van der Waals surface area contributed by atoms with Gasteiger partial charge in [-0.25, -0.2) is 8.42 Å². The lowest BCUT2D eigenvalue weighted by Crippen LogP contribution is -2.35. The third kappa shape index (κ3) is 4.60. The minimum absolute atomic E-state index is 0.256. The summed E-state index contributed by atoms with van der Waals surface area (Å²) in [5.74, 6) is 0.256. The first kappa shape index (κ1) is 17.9. The molecule has 6 heteroatoms. The molecule has 1 saturated heterocycles. The number of piperidine rings is 1. The van der Waals surface area contributed by atoms with Crippen LogP contribution in [0.4, 0.5) is 0 Å². The lowest BCUT2D eigenvalue weighted by atomic mass is 10.2. The van der Waals surface area contributed by atoms with Crippen LogP contribution in [-0.4, -0.2) is 30.9 Å². The van der Waals surface area contributed by atoms with Gasteiger partial charge < -0.3 is 10.4 Å². The average Bonchev–Trinajstić information content (AvgIpc) is 2.63. The van der Waals surface area contributed by atoms with Gasteiger partial charge in [0.2, 0.25) is 10.0 Å². The Hall–Kier alpha value is -1.89. The Kier molecular flexibility index (Phi) is 5.73. The maximum atomic E-state index is 12.6. The number of phenols is 1.